The fraction of sp³-hybridized carbons (Fsp3) is 0.222. The minimum absolute atomic E-state index is 0.286. The van der Waals surface area contributed by atoms with Gasteiger partial charge in [-0.2, -0.15) is 12.7 Å². The van der Waals surface area contributed by atoms with E-state index in [4.69, 9.17) is 5.73 Å². The van der Waals surface area contributed by atoms with Crippen molar-refractivity contribution in [3.05, 3.63) is 59.7 Å². The van der Waals surface area contributed by atoms with E-state index in [2.05, 4.69) is 5.32 Å². The predicted molar refractivity (Wildman–Crippen MR) is 105 cm³/mol. The summed E-state index contributed by atoms with van der Waals surface area (Å²) in [7, 11) is -1.09. The number of amides is 2. The molecule has 0 heterocycles. The lowest BCUT2D eigenvalue weighted by Gasteiger charge is -2.27. The van der Waals surface area contributed by atoms with Crippen molar-refractivity contribution < 1.29 is 18.0 Å². The molecule has 2 aromatic rings. The van der Waals surface area contributed by atoms with Gasteiger partial charge in [-0.25, -0.2) is 4.31 Å². The lowest BCUT2D eigenvalue weighted by atomic mass is 10.1. The molecule has 0 aromatic heterocycles. The Morgan fingerprint density at radius 1 is 1.04 bits per heavy atom. The standard InChI is InChI=1S/C18H22N4O4S/c1-13-15(18(19)24)10-7-11-16(13)20-17(23)12-22(27(25,26)21(2)3)14-8-5-4-6-9-14/h4-11H,12H2,1-3H3,(H2,19,24)(H,20,23). The zero-order valence-electron chi connectivity index (χ0n) is 15.3. The highest BCUT2D eigenvalue weighted by Gasteiger charge is 2.27. The van der Waals surface area contributed by atoms with Crippen LogP contribution >= 0.6 is 0 Å². The van der Waals surface area contributed by atoms with E-state index in [0.717, 1.165) is 8.61 Å². The quantitative estimate of drug-likeness (QED) is 0.743. The van der Waals surface area contributed by atoms with Crippen molar-refractivity contribution in [2.45, 2.75) is 6.92 Å². The lowest BCUT2D eigenvalue weighted by molar-refractivity contribution is -0.114. The molecule has 0 radical (unpaired) electrons. The molecule has 0 aliphatic heterocycles. The Morgan fingerprint density at radius 2 is 1.67 bits per heavy atom. The normalized spacial score (nSPS) is 11.3. The largest absolute Gasteiger partial charge is 0.366 e. The molecule has 2 amide bonds. The molecule has 0 atom stereocenters. The van der Waals surface area contributed by atoms with E-state index in [1.54, 1.807) is 55.5 Å². The van der Waals surface area contributed by atoms with Gasteiger partial charge in [0.2, 0.25) is 11.8 Å². The molecule has 3 N–H and O–H groups in total. The van der Waals surface area contributed by atoms with Crippen LogP contribution in [0.3, 0.4) is 0 Å². The number of para-hydroxylation sites is 1. The van der Waals surface area contributed by atoms with Gasteiger partial charge in [0.1, 0.15) is 6.54 Å². The van der Waals surface area contributed by atoms with Gasteiger partial charge in [0, 0.05) is 25.3 Å². The van der Waals surface area contributed by atoms with Crippen LogP contribution in [0.25, 0.3) is 0 Å². The average Bonchev–Trinajstić information content (AvgIpc) is 2.61. The highest BCUT2D eigenvalue weighted by atomic mass is 32.2. The second-order valence-electron chi connectivity index (χ2n) is 6.02. The summed E-state index contributed by atoms with van der Waals surface area (Å²) in [4.78, 5) is 24.0. The predicted octanol–water partition coefficient (Wildman–Crippen LogP) is 1.35. The Labute approximate surface area is 158 Å². The number of nitrogens with two attached hydrogens (primary N) is 1. The first kappa shape index (κ1) is 20.4. The maximum absolute atomic E-state index is 12.6. The number of benzene rings is 2. The number of rotatable bonds is 7. The van der Waals surface area contributed by atoms with Gasteiger partial charge in [-0.3, -0.25) is 9.59 Å². The van der Waals surface area contributed by atoms with Crippen LogP contribution in [0, 0.1) is 6.92 Å². The van der Waals surface area contributed by atoms with Crippen molar-refractivity contribution in [1.29, 1.82) is 0 Å². The molecule has 2 aromatic carbocycles. The van der Waals surface area contributed by atoms with Crippen LogP contribution in [0.4, 0.5) is 11.4 Å². The number of anilines is 2. The summed E-state index contributed by atoms with van der Waals surface area (Å²) in [6.45, 7) is 1.23. The fourth-order valence-corrected chi connectivity index (χ4v) is 3.52. The summed E-state index contributed by atoms with van der Waals surface area (Å²) in [5.41, 5.74) is 6.88. The number of carbonyl (C=O) groups is 2. The number of nitrogens with one attached hydrogen (secondary N) is 1. The molecule has 27 heavy (non-hydrogen) atoms. The van der Waals surface area contributed by atoms with Gasteiger partial charge in [-0.05, 0) is 36.8 Å². The third kappa shape index (κ3) is 4.63. The topological polar surface area (TPSA) is 113 Å². The number of primary amides is 1. The molecule has 0 aliphatic rings. The Bertz CT molecular complexity index is 943. The second-order valence-corrected chi connectivity index (χ2v) is 8.09. The van der Waals surface area contributed by atoms with Gasteiger partial charge in [-0.1, -0.05) is 24.3 Å². The molecular formula is C18H22N4O4S. The summed E-state index contributed by atoms with van der Waals surface area (Å²) in [5, 5.41) is 2.65. The smallest absolute Gasteiger partial charge is 0.304 e. The van der Waals surface area contributed by atoms with Crippen molar-refractivity contribution in [2.24, 2.45) is 5.73 Å². The van der Waals surface area contributed by atoms with Crippen molar-refractivity contribution in [1.82, 2.24) is 4.31 Å². The summed E-state index contributed by atoms with van der Waals surface area (Å²) >= 11 is 0. The minimum atomic E-state index is -3.88. The van der Waals surface area contributed by atoms with E-state index in [-0.39, 0.29) is 5.56 Å². The molecule has 0 fully saturated rings. The van der Waals surface area contributed by atoms with Gasteiger partial charge in [0.05, 0.1) is 5.69 Å². The van der Waals surface area contributed by atoms with E-state index >= 15 is 0 Å². The molecule has 9 heteroatoms. The Morgan fingerprint density at radius 3 is 2.22 bits per heavy atom. The SMILES string of the molecule is Cc1c(NC(=O)CN(c2ccccc2)S(=O)(=O)N(C)C)cccc1C(N)=O. The molecule has 144 valence electrons. The molecule has 0 saturated heterocycles. The average molecular weight is 390 g/mol. The van der Waals surface area contributed by atoms with Crippen LogP contribution in [0.15, 0.2) is 48.5 Å². The molecule has 0 saturated carbocycles. The van der Waals surface area contributed by atoms with Gasteiger partial charge < -0.3 is 11.1 Å². The second kappa shape index (κ2) is 8.19. The zero-order valence-corrected chi connectivity index (χ0v) is 16.2. The number of hydrogen-bond acceptors (Lipinski definition) is 4. The van der Waals surface area contributed by atoms with Gasteiger partial charge >= 0.3 is 10.2 Å². The summed E-state index contributed by atoms with van der Waals surface area (Å²) < 4.78 is 27.3. The number of nitrogens with zero attached hydrogens (tertiary/aromatic N) is 2. The highest BCUT2D eigenvalue weighted by molar-refractivity contribution is 7.90. The van der Waals surface area contributed by atoms with Gasteiger partial charge in [0.15, 0.2) is 0 Å². The van der Waals surface area contributed by atoms with E-state index in [0.29, 0.717) is 16.9 Å². The Balaban J connectivity index is 2.30. The molecule has 0 bridgehead atoms. The first-order valence-electron chi connectivity index (χ1n) is 8.09. The third-order valence-electron chi connectivity index (χ3n) is 3.94. The molecule has 0 unspecified atom stereocenters. The zero-order chi connectivity index (χ0) is 20.2. The molecule has 2 rings (SSSR count). The molecule has 0 aliphatic carbocycles. The van der Waals surface area contributed by atoms with Gasteiger partial charge in [0.25, 0.3) is 0 Å². The Kier molecular flexibility index (Phi) is 6.19. The van der Waals surface area contributed by atoms with Crippen molar-refractivity contribution >= 4 is 33.4 Å². The number of hydrogen-bond donors (Lipinski definition) is 2. The highest BCUT2D eigenvalue weighted by Crippen LogP contribution is 2.21. The maximum atomic E-state index is 12.6. The summed E-state index contributed by atoms with van der Waals surface area (Å²) in [6.07, 6.45) is 0. The maximum Gasteiger partial charge on any atom is 0.304 e. The van der Waals surface area contributed by atoms with E-state index in [9.17, 15) is 18.0 Å². The monoisotopic (exact) mass is 390 g/mol. The number of carbonyl (C=O) groups excluding carboxylic acids is 2. The minimum Gasteiger partial charge on any atom is -0.366 e. The summed E-state index contributed by atoms with van der Waals surface area (Å²) in [5.74, 6) is -1.15. The Hall–Kier alpha value is -2.91. The van der Waals surface area contributed by atoms with E-state index in [1.807, 2.05) is 0 Å². The van der Waals surface area contributed by atoms with Crippen LogP contribution in [0.5, 0.6) is 0 Å². The van der Waals surface area contributed by atoms with Crippen LogP contribution in [0.2, 0.25) is 0 Å². The molecule has 0 spiro atoms. The lowest BCUT2D eigenvalue weighted by Crippen LogP contribution is -2.44. The van der Waals surface area contributed by atoms with Crippen LogP contribution in [-0.4, -0.2) is 45.2 Å². The van der Waals surface area contributed by atoms with E-state index in [1.165, 1.54) is 14.1 Å². The first-order valence-corrected chi connectivity index (χ1v) is 9.48. The molecule has 8 nitrogen and oxygen atoms in total. The van der Waals surface area contributed by atoms with Crippen molar-refractivity contribution in [2.75, 3.05) is 30.3 Å². The van der Waals surface area contributed by atoms with Crippen LogP contribution in [0.1, 0.15) is 15.9 Å². The van der Waals surface area contributed by atoms with Gasteiger partial charge in [-0.15, -0.1) is 0 Å². The van der Waals surface area contributed by atoms with Crippen LogP contribution < -0.4 is 15.4 Å². The third-order valence-corrected chi connectivity index (χ3v) is 5.76. The van der Waals surface area contributed by atoms with Crippen molar-refractivity contribution in [3.8, 4) is 0 Å². The first-order chi connectivity index (χ1) is 12.6. The fourth-order valence-electron chi connectivity index (χ4n) is 2.46. The van der Waals surface area contributed by atoms with E-state index < -0.39 is 28.6 Å². The van der Waals surface area contributed by atoms with Crippen molar-refractivity contribution in [3.63, 3.8) is 0 Å². The van der Waals surface area contributed by atoms with Crippen LogP contribution in [-0.2, 0) is 15.0 Å². The summed E-state index contributed by atoms with van der Waals surface area (Å²) in [6, 6.07) is 13.1. The molecular weight excluding hydrogens is 368 g/mol.